The van der Waals surface area contributed by atoms with Gasteiger partial charge in [0.1, 0.15) is 0 Å². The highest BCUT2D eigenvalue weighted by Crippen LogP contribution is 2.39. The third kappa shape index (κ3) is 3.60. The van der Waals surface area contributed by atoms with Gasteiger partial charge < -0.3 is 22.9 Å². The Kier molecular flexibility index (Phi) is 5.18. The average molecular weight is 415 g/mol. The fraction of sp³-hybridized carbons (Fsp3) is 0. The van der Waals surface area contributed by atoms with Crippen molar-refractivity contribution < 1.29 is 9.59 Å². The number of hydrogen-bond donors (Lipinski definition) is 4. The molecule has 3 aromatic rings. The minimum absolute atomic E-state index is 0.0933. The Morgan fingerprint density at radius 1 is 0.607 bits per heavy atom. The van der Waals surface area contributed by atoms with E-state index in [1.54, 1.807) is 42.5 Å². The Labute approximate surface area is 171 Å². The van der Waals surface area contributed by atoms with Gasteiger partial charge in [0.25, 0.3) is 0 Å². The quantitative estimate of drug-likeness (QED) is 0.483. The molecule has 2 amide bonds. The second-order valence-corrected chi connectivity index (χ2v) is 6.96. The molecule has 0 aliphatic carbocycles. The molecule has 0 saturated carbocycles. The van der Waals surface area contributed by atoms with Crippen LogP contribution in [0.4, 0.5) is 11.4 Å². The summed E-state index contributed by atoms with van der Waals surface area (Å²) >= 11 is 12.7. The third-order valence-corrected chi connectivity index (χ3v) is 4.88. The molecule has 0 unspecified atom stereocenters. The highest BCUT2D eigenvalue weighted by Gasteiger charge is 2.21. The van der Waals surface area contributed by atoms with Crippen molar-refractivity contribution in [3.8, 4) is 22.3 Å². The second kappa shape index (κ2) is 7.42. The van der Waals surface area contributed by atoms with Crippen LogP contribution in [0.3, 0.4) is 0 Å². The van der Waals surface area contributed by atoms with E-state index in [0.717, 1.165) is 0 Å². The van der Waals surface area contributed by atoms with Gasteiger partial charge in [-0.05, 0) is 47.5 Å². The Bertz CT molecular complexity index is 1040. The third-order valence-electron chi connectivity index (χ3n) is 4.26. The molecule has 0 atom stereocenters. The molecule has 3 aromatic carbocycles. The molecule has 6 nitrogen and oxygen atoms in total. The van der Waals surface area contributed by atoms with Gasteiger partial charge in [0.15, 0.2) is 0 Å². The van der Waals surface area contributed by atoms with Crippen molar-refractivity contribution in [1.82, 2.24) is 0 Å². The van der Waals surface area contributed by atoms with E-state index in [4.69, 9.17) is 46.1 Å². The van der Waals surface area contributed by atoms with E-state index in [1.807, 2.05) is 0 Å². The van der Waals surface area contributed by atoms with Crippen molar-refractivity contribution in [1.29, 1.82) is 0 Å². The Morgan fingerprint density at radius 3 is 1.32 bits per heavy atom. The van der Waals surface area contributed by atoms with Crippen molar-refractivity contribution in [3.63, 3.8) is 0 Å². The van der Waals surface area contributed by atoms with Gasteiger partial charge in [-0.25, -0.2) is 0 Å². The monoisotopic (exact) mass is 414 g/mol. The number of amides is 2. The van der Waals surface area contributed by atoms with Gasteiger partial charge in [-0.15, -0.1) is 0 Å². The molecule has 0 aliphatic heterocycles. The van der Waals surface area contributed by atoms with Crippen LogP contribution in [0, 0.1) is 0 Å². The highest BCUT2D eigenvalue weighted by molar-refractivity contribution is 6.34. The zero-order valence-electron chi connectivity index (χ0n) is 14.5. The van der Waals surface area contributed by atoms with Gasteiger partial charge in [0.05, 0.1) is 10.0 Å². The summed E-state index contributed by atoms with van der Waals surface area (Å²) in [6.07, 6.45) is 0. The molecule has 142 valence electrons. The molecule has 0 radical (unpaired) electrons. The number of anilines is 2. The zero-order chi connectivity index (χ0) is 20.6. The Hall–Kier alpha value is -3.22. The molecule has 0 heterocycles. The number of halogens is 2. The van der Waals surface area contributed by atoms with Crippen LogP contribution in [0.5, 0.6) is 0 Å². The van der Waals surface area contributed by atoms with Crippen molar-refractivity contribution in [2.45, 2.75) is 0 Å². The fourth-order valence-corrected chi connectivity index (χ4v) is 3.53. The topological polar surface area (TPSA) is 138 Å². The number of nitrogens with two attached hydrogens (primary N) is 4. The summed E-state index contributed by atoms with van der Waals surface area (Å²) in [5.74, 6) is -1.47. The minimum Gasteiger partial charge on any atom is -0.399 e. The van der Waals surface area contributed by atoms with Gasteiger partial charge in [0, 0.05) is 33.6 Å². The van der Waals surface area contributed by atoms with Crippen molar-refractivity contribution in [2.24, 2.45) is 11.5 Å². The molecule has 0 aromatic heterocycles. The van der Waals surface area contributed by atoms with Crippen LogP contribution in [-0.4, -0.2) is 11.8 Å². The van der Waals surface area contributed by atoms with Gasteiger partial charge >= 0.3 is 0 Å². The summed E-state index contributed by atoms with van der Waals surface area (Å²) in [4.78, 5) is 24.1. The van der Waals surface area contributed by atoms with Crippen LogP contribution in [0.2, 0.25) is 10.0 Å². The average Bonchev–Trinajstić information content (AvgIpc) is 2.60. The maximum Gasteiger partial charge on any atom is 0.249 e. The normalized spacial score (nSPS) is 10.6. The van der Waals surface area contributed by atoms with Gasteiger partial charge in [-0.3, -0.25) is 9.59 Å². The number of hydrogen-bond acceptors (Lipinski definition) is 4. The summed E-state index contributed by atoms with van der Waals surface area (Å²) in [5.41, 5.74) is 25.6. The SMILES string of the molecule is NC(=O)c1cc(C(N)=O)c(-c2ccc(N)cc2Cl)cc1-c1ccc(N)cc1Cl. The fourth-order valence-electron chi connectivity index (χ4n) is 2.95. The van der Waals surface area contributed by atoms with Crippen LogP contribution in [0.15, 0.2) is 48.5 Å². The zero-order valence-corrected chi connectivity index (χ0v) is 16.0. The number of benzene rings is 3. The van der Waals surface area contributed by atoms with E-state index in [-0.39, 0.29) is 11.1 Å². The largest absolute Gasteiger partial charge is 0.399 e. The van der Waals surface area contributed by atoms with Crippen LogP contribution in [0.25, 0.3) is 22.3 Å². The first-order valence-corrected chi connectivity index (χ1v) is 8.83. The lowest BCUT2D eigenvalue weighted by atomic mass is 9.89. The van der Waals surface area contributed by atoms with Crippen LogP contribution in [-0.2, 0) is 0 Å². The Balaban J connectivity index is 2.39. The molecule has 8 heteroatoms. The number of rotatable bonds is 4. The molecule has 0 aliphatic rings. The van der Waals surface area contributed by atoms with Crippen molar-refractivity contribution >= 4 is 46.4 Å². The first-order valence-electron chi connectivity index (χ1n) is 8.07. The summed E-state index contributed by atoms with van der Waals surface area (Å²) in [6, 6.07) is 12.7. The van der Waals surface area contributed by atoms with E-state index in [9.17, 15) is 9.59 Å². The Morgan fingerprint density at radius 2 is 1.00 bits per heavy atom. The summed E-state index contributed by atoms with van der Waals surface area (Å²) in [5, 5.41) is 0.646. The standard InChI is InChI=1S/C20H16Cl2N4O2/c21-17-5-9(23)1-3-11(17)13-7-14(12-4-2-10(24)6-18(12)22)16(20(26)28)8-15(13)19(25)27/h1-8H,23-24H2,(H2,25,27)(H2,26,28). The molecule has 8 N–H and O–H groups in total. The van der Waals surface area contributed by atoms with E-state index < -0.39 is 11.8 Å². The molecule has 28 heavy (non-hydrogen) atoms. The van der Waals surface area contributed by atoms with Gasteiger partial charge in [-0.2, -0.15) is 0 Å². The first-order chi connectivity index (χ1) is 13.2. The van der Waals surface area contributed by atoms with Crippen molar-refractivity contribution in [2.75, 3.05) is 11.5 Å². The number of primary amides is 2. The molecule has 0 bridgehead atoms. The smallest absolute Gasteiger partial charge is 0.249 e. The first kappa shape index (κ1) is 19.5. The number of carbonyl (C=O) groups excluding carboxylic acids is 2. The molecule has 0 fully saturated rings. The molecular formula is C20H16Cl2N4O2. The van der Waals surface area contributed by atoms with E-state index in [2.05, 4.69) is 0 Å². The lowest BCUT2D eigenvalue weighted by Gasteiger charge is -2.16. The molecular weight excluding hydrogens is 399 g/mol. The second-order valence-electron chi connectivity index (χ2n) is 6.15. The maximum atomic E-state index is 12.1. The van der Waals surface area contributed by atoms with E-state index in [0.29, 0.717) is 43.7 Å². The minimum atomic E-state index is -0.736. The van der Waals surface area contributed by atoms with Crippen LogP contribution >= 0.6 is 23.2 Å². The maximum absolute atomic E-state index is 12.1. The van der Waals surface area contributed by atoms with E-state index in [1.165, 1.54) is 6.07 Å². The van der Waals surface area contributed by atoms with Gasteiger partial charge in [0.2, 0.25) is 11.8 Å². The predicted octanol–water partition coefficient (Wildman–Crippen LogP) is 3.69. The molecule has 3 rings (SSSR count). The van der Waals surface area contributed by atoms with Gasteiger partial charge in [-0.1, -0.05) is 35.3 Å². The lowest BCUT2D eigenvalue weighted by molar-refractivity contribution is 0.0999. The van der Waals surface area contributed by atoms with Crippen LogP contribution in [0.1, 0.15) is 20.7 Å². The van der Waals surface area contributed by atoms with Crippen LogP contribution < -0.4 is 22.9 Å². The highest BCUT2D eigenvalue weighted by atomic mass is 35.5. The number of carbonyl (C=O) groups is 2. The van der Waals surface area contributed by atoms with E-state index >= 15 is 0 Å². The summed E-state index contributed by atoms with van der Waals surface area (Å²) in [6.45, 7) is 0. The summed E-state index contributed by atoms with van der Waals surface area (Å²) < 4.78 is 0. The van der Waals surface area contributed by atoms with Crippen molar-refractivity contribution in [3.05, 3.63) is 69.7 Å². The number of nitrogen functional groups attached to an aromatic ring is 2. The lowest BCUT2D eigenvalue weighted by Crippen LogP contribution is -2.18. The predicted molar refractivity (Wildman–Crippen MR) is 113 cm³/mol. The molecule has 0 saturated heterocycles. The summed E-state index contributed by atoms with van der Waals surface area (Å²) in [7, 11) is 0. The molecule has 0 spiro atoms.